The van der Waals surface area contributed by atoms with E-state index in [0.29, 0.717) is 0 Å². The Labute approximate surface area is 99.2 Å². The van der Waals surface area contributed by atoms with E-state index in [0.717, 1.165) is 12.1 Å². The summed E-state index contributed by atoms with van der Waals surface area (Å²) in [6.07, 6.45) is 0. The van der Waals surface area contributed by atoms with Gasteiger partial charge in [-0.3, -0.25) is 4.79 Å². The Morgan fingerprint density at radius 2 is 1.76 bits per heavy atom. The molecular formula is C12H16F2N2O. The van der Waals surface area contributed by atoms with E-state index in [2.05, 4.69) is 10.3 Å². The van der Waals surface area contributed by atoms with Crippen LogP contribution < -0.4 is 5.32 Å². The molecule has 1 amide bonds. The quantitative estimate of drug-likeness (QED) is 0.810. The van der Waals surface area contributed by atoms with Gasteiger partial charge in [-0.2, -0.15) is 13.8 Å². The van der Waals surface area contributed by atoms with Crippen LogP contribution in [0.3, 0.4) is 0 Å². The average Bonchev–Trinajstić information content (AvgIpc) is 2.14. The summed E-state index contributed by atoms with van der Waals surface area (Å²) in [6.45, 7) is 7.73. The molecule has 5 heteroatoms. The van der Waals surface area contributed by atoms with Gasteiger partial charge in [0.2, 0.25) is 11.9 Å². The number of pyridine rings is 1. The monoisotopic (exact) mass is 242 g/mol. The number of nitrogens with zero attached hydrogens (tertiary/aromatic N) is 1. The van der Waals surface area contributed by atoms with Crippen molar-refractivity contribution in [3.63, 3.8) is 0 Å². The molecule has 0 saturated carbocycles. The number of aromatic nitrogens is 1. The molecule has 17 heavy (non-hydrogen) atoms. The van der Waals surface area contributed by atoms with Crippen LogP contribution in [0.15, 0.2) is 12.1 Å². The molecule has 1 rings (SSSR count). The third-order valence-electron chi connectivity index (χ3n) is 2.67. The van der Waals surface area contributed by atoms with E-state index < -0.39 is 17.8 Å². The highest BCUT2D eigenvalue weighted by molar-refractivity contribution is 5.94. The van der Waals surface area contributed by atoms with E-state index >= 15 is 0 Å². The fraction of sp³-hybridized carbons (Fsp3) is 0.500. The molecule has 1 aromatic heterocycles. The summed E-state index contributed by atoms with van der Waals surface area (Å²) < 4.78 is 25.7. The van der Waals surface area contributed by atoms with Crippen LogP contribution in [-0.2, 0) is 0 Å². The first-order valence-electron chi connectivity index (χ1n) is 5.34. The van der Waals surface area contributed by atoms with Crippen LogP contribution in [0.25, 0.3) is 0 Å². The zero-order valence-electron chi connectivity index (χ0n) is 10.3. The number of nitrogens with one attached hydrogen (secondary N) is 1. The lowest BCUT2D eigenvalue weighted by atomic mass is 9.88. The molecule has 94 valence electrons. The predicted molar refractivity (Wildman–Crippen MR) is 60.5 cm³/mol. The van der Waals surface area contributed by atoms with Crippen molar-refractivity contribution in [3.05, 3.63) is 29.6 Å². The van der Waals surface area contributed by atoms with Crippen molar-refractivity contribution in [2.75, 3.05) is 0 Å². The highest BCUT2D eigenvalue weighted by Gasteiger charge is 2.22. The van der Waals surface area contributed by atoms with Gasteiger partial charge in [0, 0.05) is 23.7 Å². The minimum absolute atomic E-state index is 0.0638. The first-order chi connectivity index (χ1) is 7.70. The van der Waals surface area contributed by atoms with Crippen molar-refractivity contribution in [2.45, 2.75) is 33.7 Å². The van der Waals surface area contributed by atoms with Crippen molar-refractivity contribution < 1.29 is 13.6 Å². The molecule has 1 heterocycles. The number of hydrogen-bond donors (Lipinski definition) is 1. The Bertz CT molecular complexity index is 407. The zero-order chi connectivity index (χ0) is 13.2. The summed E-state index contributed by atoms with van der Waals surface area (Å²) in [6, 6.07) is 1.70. The smallest absolute Gasteiger partial charge is 0.251 e. The van der Waals surface area contributed by atoms with Gasteiger partial charge in [-0.1, -0.05) is 20.8 Å². The molecule has 0 aromatic carbocycles. The highest BCUT2D eigenvalue weighted by atomic mass is 19.1. The van der Waals surface area contributed by atoms with Crippen LogP contribution >= 0.6 is 0 Å². The Hall–Kier alpha value is -1.52. The van der Waals surface area contributed by atoms with Gasteiger partial charge < -0.3 is 5.32 Å². The topological polar surface area (TPSA) is 42.0 Å². The van der Waals surface area contributed by atoms with E-state index in [1.807, 2.05) is 27.7 Å². The second kappa shape index (κ2) is 4.77. The van der Waals surface area contributed by atoms with E-state index in [4.69, 9.17) is 0 Å². The first-order valence-corrected chi connectivity index (χ1v) is 5.34. The summed E-state index contributed by atoms with van der Waals surface area (Å²) in [5.74, 6) is -2.51. The standard InChI is InChI=1S/C12H16F2N2O/c1-7(12(2,3)4)15-11(17)8-5-9(13)16-10(14)6-8/h5-7H,1-4H3,(H,15,17)/t7-/m0/s1. The maximum absolute atomic E-state index is 12.8. The van der Waals surface area contributed by atoms with Gasteiger partial charge in [0.15, 0.2) is 0 Å². The van der Waals surface area contributed by atoms with Crippen molar-refractivity contribution in [3.8, 4) is 0 Å². The van der Waals surface area contributed by atoms with Crippen molar-refractivity contribution in [1.82, 2.24) is 10.3 Å². The number of amides is 1. The normalized spacial score (nSPS) is 13.3. The van der Waals surface area contributed by atoms with Gasteiger partial charge in [-0.25, -0.2) is 0 Å². The number of hydrogen-bond acceptors (Lipinski definition) is 2. The second-order valence-corrected chi connectivity index (χ2v) is 5.06. The summed E-state index contributed by atoms with van der Waals surface area (Å²) in [7, 11) is 0. The Morgan fingerprint density at radius 1 is 1.29 bits per heavy atom. The van der Waals surface area contributed by atoms with Crippen LogP contribution in [0.2, 0.25) is 0 Å². The predicted octanol–water partition coefficient (Wildman–Crippen LogP) is 2.52. The van der Waals surface area contributed by atoms with Crippen molar-refractivity contribution in [2.24, 2.45) is 5.41 Å². The van der Waals surface area contributed by atoms with Crippen LogP contribution in [0, 0.1) is 17.3 Å². The van der Waals surface area contributed by atoms with Gasteiger partial charge in [-0.05, 0) is 12.3 Å². The Balaban J connectivity index is 2.84. The SMILES string of the molecule is C[C@H](NC(=O)c1cc(F)nc(F)c1)C(C)(C)C. The molecule has 3 nitrogen and oxygen atoms in total. The van der Waals surface area contributed by atoms with Gasteiger partial charge in [0.25, 0.3) is 5.91 Å². The Kier molecular flexibility index (Phi) is 3.80. The third kappa shape index (κ3) is 3.76. The molecule has 0 aliphatic carbocycles. The van der Waals surface area contributed by atoms with Gasteiger partial charge >= 0.3 is 0 Å². The minimum Gasteiger partial charge on any atom is -0.349 e. The van der Waals surface area contributed by atoms with Crippen molar-refractivity contribution in [1.29, 1.82) is 0 Å². The van der Waals surface area contributed by atoms with Gasteiger partial charge in [0.05, 0.1) is 0 Å². The third-order valence-corrected chi connectivity index (χ3v) is 2.67. The summed E-state index contributed by atoms with van der Waals surface area (Å²) >= 11 is 0. The van der Waals surface area contributed by atoms with Crippen LogP contribution in [-0.4, -0.2) is 16.9 Å². The van der Waals surface area contributed by atoms with E-state index in [1.54, 1.807) is 0 Å². The molecule has 0 aliphatic heterocycles. The summed E-state index contributed by atoms with van der Waals surface area (Å²) in [5, 5.41) is 2.69. The van der Waals surface area contributed by atoms with Crippen molar-refractivity contribution >= 4 is 5.91 Å². The number of carbonyl (C=O) groups is 1. The zero-order valence-corrected chi connectivity index (χ0v) is 10.3. The molecule has 1 aromatic rings. The fourth-order valence-corrected chi connectivity index (χ4v) is 1.09. The van der Waals surface area contributed by atoms with E-state index in [-0.39, 0.29) is 17.0 Å². The maximum Gasteiger partial charge on any atom is 0.251 e. The van der Waals surface area contributed by atoms with Gasteiger partial charge in [0.1, 0.15) is 0 Å². The van der Waals surface area contributed by atoms with Crippen LogP contribution in [0.1, 0.15) is 38.1 Å². The fourth-order valence-electron chi connectivity index (χ4n) is 1.09. The van der Waals surface area contributed by atoms with Gasteiger partial charge in [-0.15, -0.1) is 0 Å². The van der Waals surface area contributed by atoms with Crippen LogP contribution in [0.4, 0.5) is 8.78 Å². The lowest BCUT2D eigenvalue weighted by Crippen LogP contribution is -2.41. The molecular weight excluding hydrogens is 226 g/mol. The maximum atomic E-state index is 12.8. The molecule has 1 N–H and O–H groups in total. The first kappa shape index (κ1) is 13.5. The number of halogens is 2. The number of carbonyl (C=O) groups excluding carboxylic acids is 1. The van der Waals surface area contributed by atoms with E-state index in [9.17, 15) is 13.6 Å². The summed E-state index contributed by atoms with van der Waals surface area (Å²) in [5.41, 5.74) is -0.189. The summed E-state index contributed by atoms with van der Waals surface area (Å²) in [4.78, 5) is 14.7. The van der Waals surface area contributed by atoms with E-state index in [1.165, 1.54) is 0 Å². The highest BCUT2D eigenvalue weighted by Crippen LogP contribution is 2.19. The number of rotatable bonds is 2. The largest absolute Gasteiger partial charge is 0.349 e. The lowest BCUT2D eigenvalue weighted by Gasteiger charge is -2.28. The molecule has 0 saturated heterocycles. The molecule has 0 fully saturated rings. The molecule has 1 atom stereocenters. The molecule has 0 bridgehead atoms. The lowest BCUT2D eigenvalue weighted by molar-refractivity contribution is 0.0909. The molecule has 0 aliphatic rings. The molecule has 0 spiro atoms. The molecule has 0 radical (unpaired) electrons. The average molecular weight is 242 g/mol. The minimum atomic E-state index is -1.00. The Morgan fingerprint density at radius 3 is 2.18 bits per heavy atom. The second-order valence-electron chi connectivity index (χ2n) is 5.06. The van der Waals surface area contributed by atoms with Crippen LogP contribution in [0.5, 0.6) is 0 Å². The molecule has 0 unspecified atom stereocenters.